The molecule has 142 valence electrons. The van der Waals surface area contributed by atoms with Gasteiger partial charge in [-0.3, -0.25) is 9.59 Å². The molecule has 0 saturated carbocycles. The van der Waals surface area contributed by atoms with E-state index in [1.165, 1.54) is 0 Å². The van der Waals surface area contributed by atoms with E-state index in [9.17, 15) is 19.5 Å². The smallest absolute Gasteiger partial charge is 0.335 e. The van der Waals surface area contributed by atoms with Gasteiger partial charge in [-0.05, 0) is 52.9 Å². The number of carboxylic acids is 1. The van der Waals surface area contributed by atoms with Crippen LogP contribution in [0.25, 0.3) is 11.1 Å². The zero-order valence-corrected chi connectivity index (χ0v) is 15.5. The molecule has 1 aliphatic carbocycles. The van der Waals surface area contributed by atoms with E-state index in [0.29, 0.717) is 36.2 Å². The summed E-state index contributed by atoms with van der Waals surface area (Å²) < 4.78 is 0. The van der Waals surface area contributed by atoms with Crippen molar-refractivity contribution in [1.29, 1.82) is 0 Å². The molecule has 0 aromatic heterocycles. The summed E-state index contributed by atoms with van der Waals surface area (Å²) in [5, 5.41) is 9.22. The number of amides is 1. The summed E-state index contributed by atoms with van der Waals surface area (Å²) in [6.07, 6.45) is 0.677. The van der Waals surface area contributed by atoms with Crippen molar-refractivity contribution in [1.82, 2.24) is 4.90 Å². The van der Waals surface area contributed by atoms with Crippen LogP contribution in [0.5, 0.6) is 0 Å². The number of hydrogen-bond acceptors (Lipinski definition) is 3. The maximum Gasteiger partial charge on any atom is 0.335 e. The van der Waals surface area contributed by atoms with Crippen LogP contribution in [0.3, 0.4) is 0 Å². The molecule has 2 aliphatic rings. The van der Waals surface area contributed by atoms with Crippen LogP contribution in [0.1, 0.15) is 47.8 Å². The summed E-state index contributed by atoms with van der Waals surface area (Å²) in [7, 11) is 0. The third-order valence-corrected chi connectivity index (χ3v) is 5.73. The van der Waals surface area contributed by atoms with E-state index in [4.69, 9.17) is 0 Å². The molecule has 3 aromatic carbocycles. The van der Waals surface area contributed by atoms with E-state index in [0.717, 1.165) is 22.3 Å². The zero-order valence-electron chi connectivity index (χ0n) is 15.5. The van der Waals surface area contributed by atoms with Gasteiger partial charge in [0.15, 0.2) is 5.78 Å². The lowest BCUT2D eigenvalue weighted by Crippen LogP contribution is -2.36. The molecule has 0 atom stereocenters. The number of carboxylic acid groups (broad SMARTS) is 1. The van der Waals surface area contributed by atoms with Gasteiger partial charge in [-0.2, -0.15) is 0 Å². The molecule has 0 spiro atoms. The van der Waals surface area contributed by atoms with E-state index in [1.807, 2.05) is 30.3 Å². The van der Waals surface area contributed by atoms with Crippen LogP contribution in [-0.4, -0.2) is 34.2 Å². The molecule has 5 nitrogen and oxygen atoms in total. The quantitative estimate of drug-likeness (QED) is 0.571. The summed E-state index contributed by atoms with van der Waals surface area (Å²) >= 11 is 0. The number of ketones is 1. The highest BCUT2D eigenvalue weighted by molar-refractivity contribution is 6.22. The predicted molar refractivity (Wildman–Crippen MR) is 107 cm³/mol. The molecule has 0 saturated heterocycles. The van der Waals surface area contributed by atoms with Crippen LogP contribution < -0.4 is 0 Å². The second kappa shape index (κ2) is 6.41. The molecule has 0 fully saturated rings. The highest BCUT2D eigenvalue weighted by Gasteiger charge is 2.29. The van der Waals surface area contributed by atoms with Crippen LogP contribution in [0.2, 0.25) is 0 Å². The molecule has 1 heterocycles. The van der Waals surface area contributed by atoms with Crippen LogP contribution >= 0.6 is 0 Å². The number of carbonyl (C=O) groups excluding carboxylic acids is 2. The average Bonchev–Trinajstić information content (AvgIpc) is 3.04. The van der Waals surface area contributed by atoms with E-state index in [1.54, 1.807) is 35.2 Å². The predicted octanol–water partition coefficient (Wildman–Crippen LogP) is 3.79. The number of benzene rings is 3. The highest BCUT2D eigenvalue weighted by Crippen LogP contribution is 2.37. The molecule has 5 heteroatoms. The third kappa shape index (κ3) is 2.74. The van der Waals surface area contributed by atoms with Gasteiger partial charge < -0.3 is 10.0 Å². The first kappa shape index (κ1) is 17.4. The highest BCUT2D eigenvalue weighted by atomic mass is 16.4. The molecule has 3 aromatic rings. The fourth-order valence-corrected chi connectivity index (χ4v) is 4.21. The van der Waals surface area contributed by atoms with E-state index < -0.39 is 5.97 Å². The van der Waals surface area contributed by atoms with E-state index in [2.05, 4.69) is 0 Å². The van der Waals surface area contributed by atoms with Gasteiger partial charge in [-0.1, -0.05) is 36.4 Å². The second-order valence-corrected chi connectivity index (χ2v) is 7.40. The molecule has 1 aliphatic heterocycles. The Morgan fingerprint density at radius 2 is 1.52 bits per heavy atom. The van der Waals surface area contributed by atoms with Gasteiger partial charge in [0.25, 0.3) is 5.91 Å². The molecule has 0 unspecified atom stereocenters. The molecule has 1 N–H and O–H groups in total. The van der Waals surface area contributed by atoms with Crippen LogP contribution in [0, 0.1) is 0 Å². The third-order valence-electron chi connectivity index (χ3n) is 5.73. The van der Waals surface area contributed by atoms with Crippen molar-refractivity contribution in [2.45, 2.75) is 13.0 Å². The van der Waals surface area contributed by atoms with Gasteiger partial charge in [-0.15, -0.1) is 0 Å². The number of carbonyl (C=O) groups is 3. The van der Waals surface area contributed by atoms with E-state index in [-0.39, 0.29) is 17.3 Å². The number of rotatable bonds is 2. The standard InChI is InChI=1S/C24H17NO4/c26-22-20-4-2-1-3-18(20)19-8-7-15(12-21(19)22)23(27)25-10-9-14-5-6-16(24(28)29)11-17(14)13-25/h1-8,11-12H,9-10,13H2,(H,28,29). The van der Waals surface area contributed by atoms with Gasteiger partial charge in [-0.25, -0.2) is 4.79 Å². The summed E-state index contributed by atoms with van der Waals surface area (Å²) in [5.41, 5.74) is 5.61. The first-order valence-electron chi connectivity index (χ1n) is 9.45. The van der Waals surface area contributed by atoms with Crippen LogP contribution in [0.15, 0.2) is 60.7 Å². The van der Waals surface area contributed by atoms with Gasteiger partial charge in [0, 0.05) is 29.8 Å². The average molecular weight is 383 g/mol. The van der Waals surface area contributed by atoms with Crippen LogP contribution in [-0.2, 0) is 13.0 Å². The SMILES string of the molecule is O=C(O)c1ccc2c(c1)CN(C(=O)c1ccc3c(c1)C(=O)c1ccccc1-3)CC2. The minimum absolute atomic E-state index is 0.0552. The van der Waals surface area contributed by atoms with Gasteiger partial charge >= 0.3 is 5.97 Å². The largest absolute Gasteiger partial charge is 0.478 e. The van der Waals surface area contributed by atoms with Crippen molar-refractivity contribution in [3.8, 4) is 11.1 Å². The molecule has 5 rings (SSSR count). The first-order valence-corrected chi connectivity index (χ1v) is 9.45. The number of aromatic carboxylic acids is 1. The maximum absolute atomic E-state index is 13.1. The normalized spacial score (nSPS) is 14.2. The Kier molecular flexibility index (Phi) is 3.84. The van der Waals surface area contributed by atoms with Crippen LogP contribution in [0.4, 0.5) is 0 Å². The Bertz CT molecular complexity index is 1210. The lowest BCUT2D eigenvalue weighted by molar-refractivity contribution is 0.0696. The minimum Gasteiger partial charge on any atom is -0.478 e. The molecular formula is C24H17NO4. The Hall–Kier alpha value is -3.73. The molecule has 0 bridgehead atoms. The number of fused-ring (bicyclic) bond motifs is 4. The molecule has 1 amide bonds. The van der Waals surface area contributed by atoms with Gasteiger partial charge in [0.2, 0.25) is 0 Å². The Morgan fingerprint density at radius 1 is 0.793 bits per heavy atom. The minimum atomic E-state index is -0.979. The van der Waals surface area contributed by atoms with Crippen molar-refractivity contribution in [3.63, 3.8) is 0 Å². The zero-order chi connectivity index (χ0) is 20.1. The number of nitrogens with zero attached hydrogens (tertiary/aromatic N) is 1. The summed E-state index contributed by atoms with van der Waals surface area (Å²) in [5.74, 6) is -1.18. The van der Waals surface area contributed by atoms with Gasteiger partial charge in [0.05, 0.1) is 5.56 Å². The molecular weight excluding hydrogens is 366 g/mol. The lowest BCUT2D eigenvalue weighted by atomic mass is 9.96. The summed E-state index contributed by atoms with van der Waals surface area (Å²) in [6, 6.07) is 17.8. The number of hydrogen-bond donors (Lipinski definition) is 1. The summed E-state index contributed by atoms with van der Waals surface area (Å²) in [4.78, 5) is 38.8. The van der Waals surface area contributed by atoms with E-state index >= 15 is 0 Å². The fraction of sp³-hybridized carbons (Fsp3) is 0.125. The van der Waals surface area contributed by atoms with Crippen molar-refractivity contribution >= 4 is 17.7 Å². The second-order valence-electron chi connectivity index (χ2n) is 7.40. The van der Waals surface area contributed by atoms with Gasteiger partial charge in [0.1, 0.15) is 0 Å². The monoisotopic (exact) mass is 383 g/mol. The lowest BCUT2D eigenvalue weighted by Gasteiger charge is -2.29. The Labute approximate surface area is 167 Å². The van der Waals surface area contributed by atoms with Crippen molar-refractivity contribution < 1.29 is 19.5 Å². The van der Waals surface area contributed by atoms with Crippen molar-refractivity contribution in [2.75, 3.05) is 6.54 Å². The molecule has 29 heavy (non-hydrogen) atoms. The summed E-state index contributed by atoms with van der Waals surface area (Å²) in [6.45, 7) is 0.921. The topological polar surface area (TPSA) is 74.7 Å². The fourth-order valence-electron chi connectivity index (χ4n) is 4.21. The van der Waals surface area contributed by atoms with Crippen molar-refractivity contribution in [3.05, 3.63) is 94.0 Å². The maximum atomic E-state index is 13.1. The molecule has 0 radical (unpaired) electrons. The van der Waals surface area contributed by atoms with Crippen molar-refractivity contribution in [2.24, 2.45) is 0 Å². The Morgan fingerprint density at radius 3 is 2.31 bits per heavy atom. The first-order chi connectivity index (χ1) is 14.0. The Balaban J connectivity index is 1.45.